The van der Waals surface area contributed by atoms with E-state index in [-0.39, 0.29) is 26.1 Å². The van der Waals surface area contributed by atoms with Gasteiger partial charge in [-0.05, 0) is 89.9 Å². The van der Waals surface area contributed by atoms with E-state index in [0.717, 1.165) is 83.5 Å². The second kappa shape index (κ2) is 42.3. The van der Waals surface area contributed by atoms with Gasteiger partial charge in [-0.25, -0.2) is 0 Å². The lowest BCUT2D eigenvalue weighted by atomic mass is 9.99. The van der Waals surface area contributed by atoms with Crippen LogP contribution in [-0.2, 0) is 28.5 Å². The number of aliphatic hydroxyl groups is 4. The molecule has 0 aromatic heterocycles. The molecule has 0 aliphatic carbocycles. The van der Waals surface area contributed by atoms with Crippen LogP contribution in [-0.4, -0.2) is 89.0 Å². The summed E-state index contributed by atoms with van der Waals surface area (Å²) in [5, 5.41) is 40.1. The van der Waals surface area contributed by atoms with Crippen LogP contribution in [0.25, 0.3) is 0 Å². The summed E-state index contributed by atoms with van der Waals surface area (Å²) in [6, 6.07) is 0. The molecule has 0 spiro atoms. The second-order valence-corrected chi connectivity index (χ2v) is 15.8. The SMILES string of the molecule is CC/C=C\C/C=C\C/C=C\C/C=C\C/C=C\CCCC(=O)OC(COC(=O)CCCCCCCCCC/C=C\C/C=C\C/C=C\C/C=C\CC)COC1OC(CO)C(O)C(O)C1O. The van der Waals surface area contributed by atoms with Gasteiger partial charge in [0.25, 0.3) is 0 Å². The van der Waals surface area contributed by atoms with Gasteiger partial charge in [-0.15, -0.1) is 0 Å². The zero-order valence-electron chi connectivity index (χ0n) is 38.8. The Morgan fingerprint density at radius 3 is 1.38 bits per heavy atom. The number of carbonyl (C=O) groups is 2. The van der Waals surface area contributed by atoms with Gasteiger partial charge in [-0.2, -0.15) is 0 Å². The van der Waals surface area contributed by atoms with E-state index in [1.54, 1.807) is 0 Å². The molecule has 10 nitrogen and oxygen atoms in total. The highest BCUT2D eigenvalue weighted by Gasteiger charge is 2.44. The van der Waals surface area contributed by atoms with Gasteiger partial charge in [0.2, 0.25) is 0 Å². The van der Waals surface area contributed by atoms with E-state index >= 15 is 0 Å². The molecular weight excluding hydrogens is 797 g/mol. The smallest absolute Gasteiger partial charge is 0.306 e. The van der Waals surface area contributed by atoms with Crippen molar-refractivity contribution in [2.75, 3.05) is 19.8 Å². The van der Waals surface area contributed by atoms with Gasteiger partial charge in [0.1, 0.15) is 31.0 Å². The minimum absolute atomic E-state index is 0.143. The van der Waals surface area contributed by atoms with Gasteiger partial charge >= 0.3 is 11.9 Å². The molecule has 1 aliphatic heterocycles. The number of hydrogen-bond donors (Lipinski definition) is 4. The van der Waals surface area contributed by atoms with Crippen LogP contribution in [0, 0.1) is 0 Å². The first-order chi connectivity index (χ1) is 30.8. The van der Waals surface area contributed by atoms with Gasteiger partial charge in [-0.3, -0.25) is 9.59 Å². The third-order valence-electron chi connectivity index (χ3n) is 10.2. The van der Waals surface area contributed by atoms with Gasteiger partial charge < -0.3 is 39.4 Å². The number of unbranched alkanes of at least 4 members (excludes halogenated alkanes) is 9. The zero-order valence-corrected chi connectivity index (χ0v) is 38.8. The third kappa shape index (κ3) is 33.5. The van der Waals surface area contributed by atoms with E-state index in [2.05, 4.69) is 117 Å². The first-order valence-electron chi connectivity index (χ1n) is 24.0. The van der Waals surface area contributed by atoms with Crippen molar-refractivity contribution >= 4 is 11.9 Å². The highest BCUT2D eigenvalue weighted by molar-refractivity contribution is 5.70. The molecule has 10 heteroatoms. The van der Waals surface area contributed by atoms with Gasteiger partial charge in [0.05, 0.1) is 13.2 Å². The van der Waals surface area contributed by atoms with Gasteiger partial charge in [0.15, 0.2) is 12.4 Å². The largest absolute Gasteiger partial charge is 0.462 e. The normalized spacial score (nSPS) is 20.5. The molecule has 0 saturated carbocycles. The average Bonchev–Trinajstić information content (AvgIpc) is 3.28. The Labute approximate surface area is 380 Å². The van der Waals surface area contributed by atoms with Crippen LogP contribution < -0.4 is 0 Å². The van der Waals surface area contributed by atoms with Crippen molar-refractivity contribution in [2.45, 2.75) is 192 Å². The van der Waals surface area contributed by atoms with Crippen LogP contribution in [0.1, 0.15) is 155 Å². The Balaban J connectivity index is 2.34. The summed E-state index contributed by atoms with van der Waals surface area (Å²) in [4.78, 5) is 25.4. The Morgan fingerprint density at radius 1 is 0.492 bits per heavy atom. The van der Waals surface area contributed by atoms with Crippen molar-refractivity contribution < 1.29 is 49.0 Å². The van der Waals surface area contributed by atoms with Crippen molar-refractivity contribution in [3.05, 3.63) is 109 Å². The Kier molecular flexibility index (Phi) is 38.5. The molecule has 1 fully saturated rings. The minimum atomic E-state index is -1.61. The Hall–Kier alpha value is -3.64. The standard InChI is InChI=1S/C53H84O10/c1-3-5-7-9-11-13-15-17-19-21-22-23-24-26-27-29-31-33-35-37-39-41-48(55)60-44-46(45-61-53-52(59)51(58)50(57)47(43-54)63-53)62-49(56)42-40-38-36-34-32-30-28-25-20-18-16-14-12-10-8-6-4-2/h5-8,11-14,17-20,22-23,28,30,34,36,46-47,50-54,57-59H,3-4,9-10,15-16,21,24-27,29,31-33,35,37-45H2,1-2H3/b7-5-,8-6-,13-11-,14-12-,19-17-,20-18-,23-22-,30-28-,36-34-. The molecule has 6 unspecified atom stereocenters. The summed E-state index contributed by atoms with van der Waals surface area (Å²) in [6.07, 6.45) is 51.0. The van der Waals surface area contributed by atoms with Crippen molar-refractivity contribution in [2.24, 2.45) is 0 Å². The van der Waals surface area contributed by atoms with Gasteiger partial charge in [-0.1, -0.05) is 162 Å². The Morgan fingerprint density at radius 2 is 0.905 bits per heavy atom. The van der Waals surface area contributed by atoms with Crippen molar-refractivity contribution in [3.8, 4) is 0 Å². The van der Waals surface area contributed by atoms with Crippen molar-refractivity contribution in [1.82, 2.24) is 0 Å². The molecule has 1 aliphatic rings. The Bertz CT molecular complexity index is 1390. The lowest BCUT2D eigenvalue weighted by Crippen LogP contribution is -2.59. The molecule has 0 aromatic carbocycles. The van der Waals surface area contributed by atoms with Gasteiger partial charge in [0, 0.05) is 12.8 Å². The monoisotopic (exact) mass is 881 g/mol. The molecular formula is C53H84O10. The molecule has 0 amide bonds. The van der Waals surface area contributed by atoms with Crippen LogP contribution >= 0.6 is 0 Å². The summed E-state index contributed by atoms with van der Waals surface area (Å²) < 4.78 is 22.1. The average molecular weight is 881 g/mol. The van der Waals surface area contributed by atoms with Crippen LogP contribution in [0.4, 0.5) is 0 Å². The number of hydrogen-bond acceptors (Lipinski definition) is 10. The van der Waals surface area contributed by atoms with E-state index in [4.69, 9.17) is 18.9 Å². The number of esters is 2. The number of allylic oxidation sites excluding steroid dienone is 18. The first kappa shape index (κ1) is 57.4. The fraction of sp³-hybridized carbons (Fsp3) is 0.623. The summed E-state index contributed by atoms with van der Waals surface area (Å²) in [6.45, 7) is 3.12. The van der Waals surface area contributed by atoms with Crippen LogP contribution in [0.3, 0.4) is 0 Å². The molecule has 1 heterocycles. The number of rotatable bonds is 38. The fourth-order valence-corrected chi connectivity index (χ4v) is 6.45. The fourth-order valence-electron chi connectivity index (χ4n) is 6.45. The molecule has 6 atom stereocenters. The van der Waals surface area contributed by atoms with Crippen molar-refractivity contribution in [3.63, 3.8) is 0 Å². The maximum absolute atomic E-state index is 12.8. The summed E-state index contributed by atoms with van der Waals surface area (Å²) in [5.41, 5.74) is 0. The predicted molar refractivity (Wildman–Crippen MR) is 256 cm³/mol. The predicted octanol–water partition coefficient (Wildman–Crippen LogP) is 10.9. The number of aliphatic hydroxyl groups excluding tert-OH is 4. The molecule has 0 radical (unpaired) electrons. The molecule has 1 saturated heterocycles. The quantitative estimate of drug-likeness (QED) is 0.0268. The molecule has 356 valence electrons. The minimum Gasteiger partial charge on any atom is -0.462 e. The maximum Gasteiger partial charge on any atom is 0.306 e. The number of carbonyl (C=O) groups excluding carboxylic acids is 2. The van der Waals surface area contributed by atoms with E-state index < -0.39 is 55.4 Å². The van der Waals surface area contributed by atoms with E-state index in [0.29, 0.717) is 19.3 Å². The molecule has 1 rings (SSSR count). The molecule has 0 bridgehead atoms. The lowest BCUT2D eigenvalue weighted by molar-refractivity contribution is -0.305. The van der Waals surface area contributed by atoms with E-state index in [1.807, 2.05) is 6.08 Å². The highest BCUT2D eigenvalue weighted by Crippen LogP contribution is 2.22. The third-order valence-corrected chi connectivity index (χ3v) is 10.2. The molecule has 0 aromatic rings. The lowest BCUT2D eigenvalue weighted by Gasteiger charge is -2.39. The molecule has 63 heavy (non-hydrogen) atoms. The maximum atomic E-state index is 12.8. The first-order valence-corrected chi connectivity index (χ1v) is 24.0. The highest BCUT2D eigenvalue weighted by atomic mass is 16.7. The molecule has 4 N–H and O–H groups in total. The number of ether oxygens (including phenoxy) is 4. The van der Waals surface area contributed by atoms with E-state index in [1.165, 1.54) is 25.7 Å². The topological polar surface area (TPSA) is 152 Å². The summed E-state index contributed by atoms with van der Waals surface area (Å²) in [5.74, 6) is -0.895. The zero-order chi connectivity index (χ0) is 45.9. The van der Waals surface area contributed by atoms with Crippen LogP contribution in [0.15, 0.2) is 109 Å². The van der Waals surface area contributed by atoms with Crippen LogP contribution in [0.2, 0.25) is 0 Å². The summed E-state index contributed by atoms with van der Waals surface area (Å²) in [7, 11) is 0. The van der Waals surface area contributed by atoms with E-state index in [9.17, 15) is 30.0 Å². The summed E-state index contributed by atoms with van der Waals surface area (Å²) >= 11 is 0. The van der Waals surface area contributed by atoms with Crippen LogP contribution in [0.5, 0.6) is 0 Å². The second-order valence-electron chi connectivity index (χ2n) is 15.8. The van der Waals surface area contributed by atoms with Crippen molar-refractivity contribution in [1.29, 1.82) is 0 Å².